The molecule has 1 saturated heterocycles. The van der Waals surface area contributed by atoms with Crippen LogP contribution in [0.4, 0.5) is 0 Å². The number of hydrogen-bond donors (Lipinski definition) is 0. The summed E-state index contributed by atoms with van der Waals surface area (Å²) in [5.41, 5.74) is -0.888. The molecular formula is C8H8BNO5. The Balaban J connectivity index is 2.75. The summed E-state index contributed by atoms with van der Waals surface area (Å²) in [5.74, 6) is 0.392. The first-order valence-corrected chi connectivity index (χ1v) is 4.11. The molecule has 0 aromatic heterocycles. The second-order valence-corrected chi connectivity index (χ2v) is 2.99. The Kier molecular flexibility index (Phi) is 3.47. The largest absolute Gasteiger partial charge is 0.689 e. The van der Waals surface area contributed by atoms with Gasteiger partial charge in [0.2, 0.25) is 0 Å². The molecule has 0 unspecified atom stereocenters. The fourth-order valence-corrected chi connectivity index (χ4v) is 1.01. The average molecular weight is 209 g/mol. The molecule has 0 amide bonds. The standard InChI is InChI=1S/C8H8BNO5/c1-3-6(11)9-14-7(12)4-10(2)5-8(13)15-9/h1H,4-5H2,2H3. The first kappa shape index (κ1) is 11.3. The van der Waals surface area contributed by atoms with Gasteiger partial charge in [-0.2, -0.15) is 0 Å². The normalized spacial score (nSPS) is 18.3. The van der Waals surface area contributed by atoms with Crippen molar-refractivity contribution in [2.24, 2.45) is 0 Å². The summed E-state index contributed by atoms with van der Waals surface area (Å²) in [6, 6.07) is 0. The maximum absolute atomic E-state index is 11.1. The summed E-state index contributed by atoms with van der Waals surface area (Å²) < 4.78 is 9.14. The van der Waals surface area contributed by atoms with Crippen molar-refractivity contribution in [2.75, 3.05) is 20.1 Å². The van der Waals surface area contributed by atoms with Crippen LogP contribution in [-0.4, -0.2) is 49.8 Å². The zero-order chi connectivity index (χ0) is 11.4. The molecule has 1 rings (SSSR count). The van der Waals surface area contributed by atoms with E-state index in [-0.39, 0.29) is 13.1 Å². The highest BCUT2D eigenvalue weighted by Crippen LogP contribution is 2.00. The number of nitrogens with zero attached hydrogens (tertiary/aromatic N) is 1. The average Bonchev–Trinajstić information content (AvgIpc) is 2.12. The van der Waals surface area contributed by atoms with Crippen LogP contribution in [0.25, 0.3) is 0 Å². The molecule has 0 saturated carbocycles. The highest BCUT2D eigenvalue weighted by Gasteiger charge is 2.38. The van der Waals surface area contributed by atoms with Crippen LogP contribution in [0.2, 0.25) is 0 Å². The summed E-state index contributed by atoms with van der Waals surface area (Å²) >= 11 is 0. The molecule has 0 radical (unpaired) electrons. The van der Waals surface area contributed by atoms with Gasteiger partial charge in [0.05, 0.1) is 13.1 Å². The monoisotopic (exact) mass is 209 g/mol. The lowest BCUT2D eigenvalue weighted by Gasteiger charge is -2.20. The van der Waals surface area contributed by atoms with Crippen molar-refractivity contribution >= 4 is 24.7 Å². The first-order chi connectivity index (χ1) is 7.02. The molecule has 7 heteroatoms. The van der Waals surface area contributed by atoms with Gasteiger partial charge in [-0.3, -0.25) is 19.3 Å². The first-order valence-electron chi connectivity index (χ1n) is 4.11. The molecule has 0 aromatic carbocycles. The molecule has 1 aliphatic heterocycles. The number of terminal acetylenes is 1. The molecule has 1 fully saturated rings. The summed E-state index contributed by atoms with van der Waals surface area (Å²) in [6.45, 7) is -0.188. The lowest BCUT2D eigenvalue weighted by molar-refractivity contribution is -0.147. The summed E-state index contributed by atoms with van der Waals surface area (Å²) in [7, 11) is -0.0602. The van der Waals surface area contributed by atoms with Gasteiger partial charge in [0, 0.05) is 0 Å². The molecular weight excluding hydrogens is 201 g/mol. The van der Waals surface area contributed by atoms with Crippen LogP contribution in [0.3, 0.4) is 0 Å². The van der Waals surface area contributed by atoms with Crippen molar-refractivity contribution < 1.29 is 23.7 Å². The maximum atomic E-state index is 11.1. The molecule has 0 bridgehead atoms. The van der Waals surface area contributed by atoms with E-state index in [2.05, 4.69) is 9.31 Å². The fourth-order valence-electron chi connectivity index (χ4n) is 1.01. The Hall–Kier alpha value is -1.81. The van der Waals surface area contributed by atoms with Gasteiger partial charge in [-0.15, -0.1) is 6.42 Å². The van der Waals surface area contributed by atoms with E-state index in [1.54, 1.807) is 13.0 Å². The van der Waals surface area contributed by atoms with E-state index < -0.39 is 24.7 Å². The Morgan fingerprint density at radius 2 is 1.87 bits per heavy atom. The molecule has 0 aliphatic carbocycles. The van der Waals surface area contributed by atoms with Crippen LogP contribution >= 0.6 is 0 Å². The Morgan fingerprint density at radius 1 is 1.40 bits per heavy atom. The third-order valence-electron chi connectivity index (χ3n) is 1.63. The van der Waals surface area contributed by atoms with Gasteiger partial charge in [-0.1, -0.05) is 0 Å². The van der Waals surface area contributed by atoms with E-state index >= 15 is 0 Å². The third kappa shape index (κ3) is 3.11. The predicted molar refractivity (Wildman–Crippen MR) is 49.3 cm³/mol. The fraction of sp³-hybridized carbons (Fsp3) is 0.375. The summed E-state index contributed by atoms with van der Waals surface area (Å²) in [4.78, 5) is 34.6. The van der Waals surface area contributed by atoms with E-state index in [0.717, 1.165) is 0 Å². The molecule has 6 nitrogen and oxygen atoms in total. The number of carbonyl (C=O) groups excluding carboxylic acids is 3. The molecule has 15 heavy (non-hydrogen) atoms. The van der Waals surface area contributed by atoms with Gasteiger partial charge in [0.25, 0.3) is 5.68 Å². The third-order valence-corrected chi connectivity index (χ3v) is 1.63. The number of carbonyl (C=O) groups is 3. The van der Waals surface area contributed by atoms with Crippen LogP contribution in [0.1, 0.15) is 0 Å². The van der Waals surface area contributed by atoms with Crippen LogP contribution in [0.5, 0.6) is 0 Å². The van der Waals surface area contributed by atoms with Gasteiger partial charge in [-0.05, 0) is 13.0 Å². The van der Waals surface area contributed by atoms with Gasteiger partial charge in [-0.25, -0.2) is 0 Å². The van der Waals surface area contributed by atoms with Crippen molar-refractivity contribution in [3.8, 4) is 12.3 Å². The minimum atomic E-state index is -1.61. The highest BCUT2D eigenvalue weighted by molar-refractivity contribution is 6.85. The van der Waals surface area contributed by atoms with Crippen molar-refractivity contribution in [3.63, 3.8) is 0 Å². The summed E-state index contributed by atoms with van der Waals surface area (Å²) in [5, 5.41) is 0. The lowest BCUT2D eigenvalue weighted by atomic mass is 9.83. The quantitative estimate of drug-likeness (QED) is 0.376. The van der Waals surface area contributed by atoms with E-state index in [1.807, 2.05) is 0 Å². The van der Waals surface area contributed by atoms with E-state index in [9.17, 15) is 14.4 Å². The topological polar surface area (TPSA) is 72.9 Å². The maximum Gasteiger partial charge on any atom is 0.689 e. The van der Waals surface area contributed by atoms with E-state index in [1.165, 1.54) is 4.90 Å². The van der Waals surface area contributed by atoms with Gasteiger partial charge in [0.1, 0.15) is 0 Å². The van der Waals surface area contributed by atoms with Gasteiger partial charge in [0.15, 0.2) is 0 Å². The smallest absolute Gasteiger partial charge is 0.492 e. The van der Waals surface area contributed by atoms with Crippen molar-refractivity contribution in [3.05, 3.63) is 0 Å². The van der Waals surface area contributed by atoms with Crippen LogP contribution in [-0.2, 0) is 23.7 Å². The summed E-state index contributed by atoms with van der Waals surface area (Å²) in [6.07, 6.45) is 4.82. The molecule has 0 N–H and O–H groups in total. The highest BCUT2D eigenvalue weighted by atomic mass is 16.6. The minimum Gasteiger partial charge on any atom is -0.492 e. The zero-order valence-corrected chi connectivity index (χ0v) is 8.06. The van der Waals surface area contributed by atoms with Crippen molar-refractivity contribution in [1.82, 2.24) is 4.90 Å². The van der Waals surface area contributed by atoms with Gasteiger partial charge < -0.3 is 9.31 Å². The van der Waals surface area contributed by atoms with Gasteiger partial charge >= 0.3 is 19.1 Å². The van der Waals surface area contributed by atoms with Crippen LogP contribution < -0.4 is 0 Å². The second-order valence-electron chi connectivity index (χ2n) is 2.99. The second kappa shape index (κ2) is 4.62. The zero-order valence-electron chi connectivity index (χ0n) is 8.06. The van der Waals surface area contributed by atoms with E-state index in [4.69, 9.17) is 6.42 Å². The molecule has 78 valence electrons. The van der Waals surface area contributed by atoms with Crippen molar-refractivity contribution in [1.29, 1.82) is 0 Å². The number of rotatable bonds is 1. The number of likely N-dealkylation sites (N-methyl/N-ethyl adjacent to an activating group) is 1. The molecule has 1 heterocycles. The van der Waals surface area contributed by atoms with Crippen molar-refractivity contribution in [2.45, 2.75) is 0 Å². The lowest BCUT2D eigenvalue weighted by Crippen LogP contribution is -2.45. The van der Waals surface area contributed by atoms with Crippen LogP contribution in [0, 0.1) is 12.3 Å². The SMILES string of the molecule is C#CC(=O)B1OC(=O)CN(C)CC(=O)O1. The molecule has 1 aliphatic rings. The van der Waals surface area contributed by atoms with Crippen LogP contribution in [0.15, 0.2) is 0 Å². The Morgan fingerprint density at radius 3 is 2.27 bits per heavy atom. The predicted octanol–water partition coefficient (Wildman–Crippen LogP) is -1.75. The number of hydrogen-bond acceptors (Lipinski definition) is 6. The molecule has 0 spiro atoms. The minimum absolute atomic E-state index is 0.0938. The Bertz CT molecular complexity index is 327. The van der Waals surface area contributed by atoms with E-state index in [0.29, 0.717) is 0 Å². The molecule has 0 atom stereocenters. The Labute approximate surface area is 86.7 Å². The molecule has 0 aromatic rings.